The third-order valence-corrected chi connectivity index (χ3v) is 1.87. The highest BCUT2D eigenvalue weighted by Crippen LogP contribution is 2.14. The van der Waals surface area contributed by atoms with Crippen LogP contribution in [0.2, 0.25) is 0 Å². The number of hydrogen-bond donors (Lipinski definition) is 3. The Morgan fingerprint density at radius 3 is 2.65 bits per heavy atom. The Morgan fingerprint density at radius 1 is 1.47 bits per heavy atom. The summed E-state index contributed by atoms with van der Waals surface area (Å²) in [5, 5.41) is 3.15. The van der Waals surface area contributed by atoms with Crippen LogP contribution in [-0.2, 0) is 4.79 Å². The van der Waals surface area contributed by atoms with Crippen molar-refractivity contribution in [3.63, 3.8) is 0 Å². The number of pyridine rings is 1. The first-order valence-electron chi connectivity index (χ1n) is 5.63. The Bertz CT molecular complexity index is 315. The molecule has 0 aliphatic rings. The highest BCUT2D eigenvalue weighted by atomic mass is 16.1. The van der Waals surface area contributed by atoms with Gasteiger partial charge in [0.05, 0.1) is 17.6 Å². The molecule has 0 unspecified atom stereocenters. The van der Waals surface area contributed by atoms with Crippen LogP contribution in [0.3, 0.4) is 0 Å². The van der Waals surface area contributed by atoms with Crippen LogP contribution in [0.25, 0.3) is 0 Å². The van der Waals surface area contributed by atoms with Gasteiger partial charge in [0.2, 0.25) is 0 Å². The molecule has 1 aromatic heterocycles. The van der Waals surface area contributed by atoms with Gasteiger partial charge in [-0.1, -0.05) is 13.8 Å². The van der Waals surface area contributed by atoms with Crippen LogP contribution in [-0.4, -0.2) is 17.3 Å². The lowest BCUT2D eigenvalue weighted by atomic mass is 10.2. The molecule has 0 spiro atoms. The Morgan fingerprint density at radius 2 is 2.12 bits per heavy atom. The van der Waals surface area contributed by atoms with E-state index in [1.54, 1.807) is 19.3 Å². The van der Waals surface area contributed by atoms with Crippen molar-refractivity contribution in [3.05, 3.63) is 18.5 Å². The molecule has 0 amide bonds. The molecule has 0 aliphatic heterocycles. The highest BCUT2D eigenvalue weighted by Gasteiger charge is 1.97. The molecule has 0 atom stereocenters. The molecule has 0 saturated carbocycles. The number of nitrogens with zero attached hydrogens (tertiary/aromatic N) is 1. The van der Waals surface area contributed by atoms with Gasteiger partial charge in [-0.05, 0) is 19.4 Å². The molecule has 1 rings (SSSR count). The zero-order valence-corrected chi connectivity index (χ0v) is 11.0. The molecule has 17 heavy (non-hydrogen) atoms. The second-order valence-electron chi connectivity index (χ2n) is 3.20. The number of nitrogens with two attached hydrogens (primary N) is 1. The van der Waals surface area contributed by atoms with Crippen LogP contribution in [0, 0.1) is 0 Å². The van der Waals surface area contributed by atoms with Crippen LogP contribution < -0.4 is 17.2 Å². The monoisotopic (exact) mass is 240 g/mol. The summed E-state index contributed by atoms with van der Waals surface area (Å²) in [6.07, 6.45) is 4.73. The van der Waals surface area contributed by atoms with Gasteiger partial charge in [-0.2, -0.15) is 0 Å². The van der Waals surface area contributed by atoms with Gasteiger partial charge in [0.25, 0.3) is 0 Å². The maximum Gasteiger partial charge on any atom is 0.129 e. The highest BCUT2D eigenvalue weighted by molar-refractivity contribution is 5.75. The summed E-state index contributed by atoms with van der Waals surface area (Å²) in [4.78, 5) is 14.5. The standard InChI is InChI=1S/C10H15N3O.C2H6.H3N/c1-8(14)3-2-5-13-10-4-6-12-7-9(10)11;1-2;/h4,6-7H,2-3,5,11H2,1H3,(H,12,13);1-2H3;1H3. The summed E-state index contributed by atoms with van der Waals surface area (Å²) in [6.45, 7) is 6.36. The molecular formula is C12H24N4O. The van der Waals surface area contributed by atoms with E-state index in [4.69, 9.17) is 5.73 Å². The first-order valence-corrected chi connectivity index (χ1v) is 5.63. The van der Waals surface area contributed by atoms with E-state index in [1.165, 1.54) is 0 Å². The molecule has 0 fully saturated rings. The number of anilines is 2. The summed E-state index contributed by atoms with van der Waals surface area (Å²) < 4.78 is 0. The average Bonchev–Trinajstić information content (AvgIpc) is 2.29. The maximum absolute atomic E-state index is 10.7. The summed E-state index contributed by atoms with van der Waals surface area (Å²) in [6, 6.07) is 1.82. The van der Waals surface area contributed by atoms with E-state index in [-0.39, 0.29) is 11.9 Å². The van der Waals surface area contributed by atoms with E-state index in [2.05, 4.69) is 10.3 Å². The lowest BCUT2D eigenvalue weighted by molar-refractivity contribution is -0.117. The quantitative estimate of drug-likeness (QED) is 0.686. The van der Waals surface area contributed by atoms with E-state index in [0.717, 1.165) is 18.7 Å². The van der Waals surface area contributed by atoms with Crippen LogP contribution in [0.15, 0.2) is 18.5 Å². The molecule has 1 heterocycles. The van der Waals surface area contributed by atoms with E-state index in [0.29, 0.717) is 12.1 Å². The number of Topliss-reactive ketones (excluding diaryl/α,β-unsaturated/α-hetero) is 1. The van der Waals surface area contributed by atoms with Gasteiger partial charge >= 0.3 is 0 Å². The fourth-order valence-electron chi connectivity index (χ4n) is 1.13. The number of nitrogen functional groups attached to an aromatic ring is 1. The normalized spacial score (nSPS) is 8.41. The van der Waals surface area contributed by atoms with Gasteiger partial charge in [-0.15, -0.1) is 0 Å². The third-order valence-electron chi connectivity index (χ3n) is 1.87. The molecule has 0 aliphatic carbocycles. The smallest absolute Gasteiger partial charge is 0.129 e. The van der Waals surface area contributed by atoms with Crippen LogP contribution in [0.4, 0.5) is 11.4 Å². The first kappa shape index (κ1) is 17.8. The third kappa shape index (κ3) is 8.21. The number of hydrogen-bond acceptors (Lipinski definition) is 5. The molecule has 0 saturated heterocycles. The zero-order chi connectivity index (χ0) is 12.4. The van der Waals surface area contributed by atoms with Crippen LogP contribution in [0.5, 0.6) is 0 Å². The van der Waals surface area contributed by atoms with Gasteiger partial charge in [-0.3, -0.25) is 4.98 Å². The summed E-state index contributed by atoms with van der Waals surface area (Å²) in [5.74, 6) is 0.217. The molecule has 5 heteroatoms. The van der Waals surface area contributed by atoms with Crippen LogP contribution in [0.1, 0.15) is 33.6 Å². The molecule has 0 radical (unpaired) electrons. The van der Waals surface area contributed by atoms with Crippen molar-refractivity contribution in [2.75, 3.05) is 17.6 Å². The number of nitrogens with one attached hydrogen (secondary N) is 1. The number of rotatable bonds is 5. The SMILES string of the molecule is CC.CC(=O)CCCNc1ccncc1N.N. The largest absolute Gasteiger partial charge is 0.396 e. The van der Waals surface area contributed by atoms with Gasteiger partial charge < -0.3 is 22.0 Å². The minimum atomic E-state index is 0. The number of carbonyl (C=O) groups is 1. The van der Waals surface area contributed by atoms with E-state index in [9.17, 15) is 4.79 Å². The Labute approximate surface area is 103 Å². The van der Waals surface area contributed by atoms with Gasteiger partial charge in [0.1, 0.15) is 5.78 Å². The minimum absolute atomic E-state index is 0. The molecule has 1 aromatic rings. The van der Waals surface area contributed by atoms with Crippen molar-refractivity contribution in [2.45, 2.75) is 33.6 Å². The van der Waals surface area contributed by atoms with E-state index < -0.39 is 0 Å². The Balaban J connectivity index is 0. The topological polar surface area (TPSA) is 103 Å². The van der Waals surface area contributed by atoms with Gasteiger partial charge in [-0.25, -0.2) is 0 Å². The summed E-state index contributed by atoms with van der Waals surface area (Å²) >= 11 is 0. The number of aromatic nitrogens is 1. The Hall–Kier alpha value is -1.62. The van der Waals surface area contributed by atoms with Crippen molar-refractivity contribution in [1.82, 2.24) is 11.1 Å². The van der Waals surface area contributed by atoms with Crippen LogP contribution >= 0.6 is 0 Å². The molecule has 5 nitrogen and oxygen atoms in total. The first-order chi connectivity index (χ1) is 7.70. The Kier molecular flexibility index (Phi) is 11.4. The van der Waals surface area contributed by atoms with Crippen molar-refractivity contribution in [2.24, 2.45) is 0 Å². The van der Waals surface area contributed by atoms with Gasteiger partial charge in [0.15, 0.2) is 0 Å². The minimum Gasteiger partial charge on any atom is -0.396 e. The number of carbonyl (C=O) groups excluding carboxylic acids is 1. The molecule has 0 aromatic carbocycles. The van der Waals surface area contributed by atoms with Crippen molar-refractivity contribution < 1.29 is 4.79 Å². The van der Waals surface area contributed by atoms with E-state index in [1.807, 2.05) is 19.9 Å². The molecular weight excluding hydrogens is 216 g/mol. The lowest BCUT2D eigenvalue weighted by Gasteiger charge is -2.07. The second kappa shape index (κ2) is 10.9. The average molecular weight is 240 g/mol. The van der Waals surface area contributed by atoms with Crippen molar-refractivity contribution in [3.8, 4) is 0 Å². The molecule has 0 bridgehead atoms. The fourth-order valence-corrected chi connectivity index (χ4v) is 1.13. The van der Waals surface area contributed by atoms with Crippen molar-refractivity contribution >= 4 is 17.2 Å². The predicted molar refractivity (Wildman–Crippen MR) is 73.4 cm³/mol. The zero-order valence-electron chi connectivity index (χ0n) is 11.0. The maximum atomic E-state index is 10.7. The van der Waals surface area contributed by atoms with Crippen molar-refractivity contribution in [1.29, 1.82) is 0 Å². The predicted octanol–water partition coefficient (Wildman–Crippen LogP) is 2.63. The molecule has 6 N–H and O–H groups in total. The van der Waals surface area contributed by atoms with Gasteiger partial charge in [0, 0.05) is 19.2 Å². The lowest BCUT2D eigenvalue weighted by Crippen LogP contribution is -2.05. The summed E-state index contributed by atoms with van der Waals surface area (Å²) in [5.41, 5.74) is 7.18. The summed E-state index contributed by atoms with van der Waals surface area (Å²) in [7, 11) is 0. The number of ketones is 1. The fraction of sp³-hybridized carbons (Fsp3) is 0.500. The second-order valence-corrected chi connectivity index (χ2v) is 3.20. The molecule has 98 valence electrons. The van der Waals surface area contributed by atoms with E-state index >= 15 is 0 Å².